The Kier molecular flexibility index (Phi) is 9.36. The molecule has 164 valence electrons. The lowest BCUT2D eigenvalue weighted by atomic mass is 9.96. The zero-order valence-electron chi connectivity index (χ0n) is 17.8. The molecule has 0 spiro atoms. The maximum Gasteiger partial charge on any atom is 0.191 e. The summed E-state index contributed by atoms with van der Waals surface area (Å²) in [5.74, 6) is 1.39. The Morgan fingerprint density at radius 2 is 1.93 bits per heavy atom. The first-order chi connectivity index (χ1) is 14.1. The van der Waals surface area contributed by atoms with Gasteiger partial charge in [0.1, 0.15) is 18.2 Å². The lowest BCUT2D eigenvalue weighted by Gasteiger charge is -2.20. The van der Waals surface area contributed by atoms with E-state index in [2.05, 4.69) is 27.8 Å². The molecule has 2 N–H and O–H groups in total. The van der Waals surface area contributed by atoms with Gasteiger partial charge in [-0.15, -0.1) is 24.0 Å². The molecule has 2 aromatic rings. The summed E-state index contributed by atoms with van der Waals surface area (Å²) >= 11 is 0. The summed E-state index contributed by atoms with van der Waals surface area (Å²) in [5.41, 5.74) is 3.25. The van der Waals surface area contributed by atoms with Crippen LogP contribution in [0.25, 0.3) is 0 Å². The summed E-state index contributed by atoms with van der Waals surface area (Å²) in [6.07, 6.45) is 2.10. The molecule has 0 atom stereocenters. The van der Waals surface area contributed by atoms with Gasteiger partial charge < -0.3 is 20.1 Å². The van der Waals surface area contributed by atoms with Crippen LogP contribution in [0.5, 0.6) is 5.75 Å². The van der Waals surface area contributed by atoms with Gasteiger partial charge in [-0.3, -0.25) is 4.99 Å². The number of guanidine groups is 1. The van der Waals surface area contributed by atoms with E-state index in [1.807, 2.05) is 19.1 Å². The lowest BCUT2D eigenvalue weighted by Crippen LogP contribution is -2.41. The van der Waals surface area contributed by atoms with Crippen LogP contribution < -0.4 is 15.4 Å². The van der Waals surface area contributed by atoms with E-state index in [1.54, 1.807) is 26.3 Å². The molecular weight excluding hydrogens is 496 g/mol. The Morgan fingerprint density at radius 1 is 1.13 bits per heavy atom. The Hall–Kier alpha value is -1.87. The van der Waals surface area contributed by atoms with E-state index in [1.165, 1.54) is 6.07 Å². The summed E-state index contributed by atoms with van der Waals surface area (Å²) < 4.78 is 24.5. The standard InChI is InChI=1S/C23H30FN3O2.HI/c1-17-7-8-18(21(13-17)29-12-11-28-3)15-26-22(25-2)27-16-23(9-10-23)19-5-4-6-20(24)14-19;/h4-8,13-14H,9-12,15-16H2,1-3H3,(H2,25,26,27);1H. The zero-order chi connectivity index (χ0) is 20.7. The van der Waals surface area contributed by atoms with Gasteiger partial charge in [-0.25, -0.2) is 4.39 Å². The Bertz CT molecular complexity index is 856. The number of benzene rings is 2. The largest absolute Gasteiger partial charge is 0.491 e. The third-order valence-corrected chi connectivity index (χ3v) is 5.32. The fourth-order valence-electron chi connectivity index (χ4n) is 3.37. The van der Waals surface area contributed by atoms with E-state index in [-0.39, 0.29) is 35.2 Å². The smallest absolute Gasteiger partial charge is 0.191 e. The van der Waals surface area contributed by atoms with Gasteiger partial charge in [0.15, 0.2) is 5.96 Å². The summed E-state index contributed by atoms with van der Waals surface area (Å²) in [7, 11) is 3.41. The average Bonchev–Trinajstić information content (AvgIpc) is 3.51. The first-order valence-corrected chi connectivity index (χ1v) is 9.98. The minimum absolute atomic E-state index is 0. The van der Waals surface area contributed by atoms with Crippen molar-refractivity contribution < 1.29 is 13.9 Å². The average molecular weight is 527 g/mol. The number of ether oxygens (including phenoxy) is 2. The third kappa shape index (κ3) is 6.57. The molecule has 0 radical (unpaired) electrons. The molecule has 0 unspecified atom stereocenters. The topological polar surface area (TPSA) is 54.9 Å². The molecule has 7 heteroatoms. The monoisotopic (exact) mass is 527 g/mol. The highest BCUT2D eigenvalue weighted by Crippen LogP contribution is 2.47. The molecule has 1 saturated carbocycles. The number of methoxy groups -OCH3 is 1. The molecule has 30 heavy (non-hydrogen) atoms. The Labute approximate surface area is 195 Å². The van der Waals surface area contributed by atoms with Crippen LogP contribution in [0.3, 0.4) is 0 Å². The van der Waals surface area contributed by atoms with Crippen LogP contribution in [-0.2, 0) is 16.7 Å². The second kappa shape index (κ2) is 11.5. The van der Waals surface area contributed by atoms with E-state index in [4.69, 9.17) is 9.47 Å². The van der Waals surface area contributed by atoms with E-state index in [0.29, 0.717) is 19.8 Å². The number of hydrogen-bond donors (Lipinski definition) is 2. The van der Waals surface area contributed by atoms with E-state index < -0.39 is 0 Å². The number of nitrogens with one attached hydrogen (secondary N) is 2. The molecule has 0 bridgehead atoms. The minimum Gasteiger partial charge on any atom is -0.491 e. The molecule has 0 aliphatic heterocycles. The van der Waals surface area contributed by atoms with E-state index >= 15 is 0 Å². The van der Waals surface area contributed by atoms with Crippen molar-refractivity contribution in [2.45, 2.75) is 31.7 Å². The van der Waals surface area contributed by atoms with Gasteiger partial charge in [-0.1, -0.05) is 24.3 Å². The highest BCUT2D eigenvalue weighted by atomic mass is 127. The number of nitrogens with zero attached hydrogens (tertiary/aromatic N) is 1. The first-order valence-electron chi connectivity index (χ1n) is 9.98. The highest BCUT2D eigenvalue weighted by molar-refractivity contribution is 14.0. The van der Waals surface area contributed by atoms with E-state index in [9.17, 15) is 4.39 Å². The molecule has 0 heterocycles. The number of rotatable bonds is 9. The fourth-order valence-corrected chi connectivity index (χ4v) is 3.37. The predicted octanol–water partition coefficient (Wildman–Crippen LogP) is 4.17. The molecule has 0 saturated heterocycles. The van der Waals surface area contributed by atoms with Crippen molar-refractivity contribution in [3.05, 3.63) is 65.0 Å². The zero-order valence-corrected chi connectivity index (χ0v) is 20.2. The summed E-state index contributed by atoms with van der Waals surface area (Å²) in [6, 6.07) is 13.1. The first kappa shape index (κ1) is 24.4. The van der Waals surface area contributed by atoms with Crippen molar-refractivity contribution in [3.8, 4) is 5.75 Å². The van der Waals surface area contributed by atoms with Crippen LogP contribution in [0.4, 0.5) is 4.39 Å². The van der Waals surface area contributed by atoms with Crippen LogP contribution in [0.1, 0.15) is 29.5 Å². The molecule has 1 aliphatic carbocycles. The number of halogens is 2. The van der Waals surface area contributed by atoms with Crippen molar-refractivity contribution in [2.75, 3.05) is 33.9 Å². The molecule has 2 aromatic carbocycles. The van der Waals surface area contributed by atoms with Crippen LogP contribution >= 0.6 is 24.0 Å². The summed E-state index contributed by atoms with van der Waals surface area (Å²) in [5, 5.41) is 6.75. The van der Waals surface area contributed by atoms with Gasteiger partial charge in [-0.05, 0) is 49.1 Å². The second-order valence-corrected chi connectivity index (χ2v) is 7.52. The summed E-state index contributed by atoms with van der Waals surface area (Å²) in [4.78, 5) is 4.33. The normalized spacial score (nSPS) is 14.6. The van der Waals surface area contributed by atoms with Gasteiger partial charge in [0.2, 0.25) is 0 Å². The van der Waals surface area contributed by atoms with Crippen molar-refractivity contribution in [1.82, 2.24) is 10.6 Å². The number of hydrogen-bond acceptors (Lipinski definition) is 3. The molecule has 0 amide bonds. The van der Waals surface area contributed by atoms with Crippen LogP contribution in [-0.4, -0.2) is 39.9 Å². The van der Waals surface area contributed by atoms with E-state index in [0.717, 1.165) is 47.8 Å². The maximum absolute atomic E-state index is 13.6. The van der Waals surface area contributed by atoms with Gasteiger partial charge in [0.25, 0.3) is 0 Å². The Balaban J connectivity index is 0.00000320. The quantitative estimate of drug-likeness (QED) is 0.223. The van der Waals surface area contributed by atoms with Gasteiger partial charge in [0, 0.05) is 38.2 Å². The summed E-state index contributed by atoms with van der Waals surface area (Å²) in [6.45, 7) is 4.42. The second-order valence-electron chi connectivity index (χ2n) is 7.52. The Morgan fingerprint density at radius 3 is 2.60 bits per heavy atom. The molecule has 3 rings (SSSR count). The lowest BCUT2D eigenvalue weighted by molar-refractivity contribution is 0.145. The SMILES string of the molecule is CN=C(NCc1ccc(C)cc1OCCOC)NCC1(c2cccc(F)c2)CC1.I. The van der Waals surface area contributed by atoms with Gasteiger partial charge in [0.05, 0.1) is 6.61 Å². The molecular formula is C23H31FIN3O2. The van der Waals surface area contributed by atoms with Gasteiger partial charge in [-0.2, -0.15) is 0 Å². The van der Waals surface area contributed by atoms with Crippen molar-refractivity contribution in [2.24, 2.45) is 4.99 Å². The molecule has 1 aliphatic rings. The maximum atomic E-state index is 13.6. The number of aliphatic imine (C=N–C) groups is 1. The van der Waals surface area contributed by atoms with Crippen LogP contribution in [0.2, 0.25) is 0 Å². The van der Waals surface area contributed by atoms with Crippen molar-refractivity contribution in [3.63, 3.8) is 0 Å². The third-order valence-electron chi connectivity index (χ3n) is 5.32. The van der Waals surface area contributed by atoms with Crippen molar-refractivity contribution in [1.29, 1.82) is 0 Å². The number of aryl methyl sites for hydroxylation is 1. The minimum atomic E-state index is -0.184. The van der Waals surface area contributed by atoms with Crippen LogP contribution in [0.15, 0.2) is 47.5 Å². The molecule has 0 aromatic heterocycles. The van der Waals surface area contributed by atoms with Gasteiger partial charge >= 0.3 is 0 Å². The van der Waals surface area contributed by atoms with Crippen LogP contribution in [0, 0.1) is 12.7 Å². The van der Waals surface area contributed by atoms with Crippen molar-refractivity contribution >= 4 is 29.9 Å². The highest BCUT2D eigenvalue weighted by Gasteiger charge is 2.44. The molecule has 5 nitrogen and oxygen atoms in total. The predicted molar refractivity (Wildman–Crippen MR) is 129 cm³/mol. The molecule has 1 fully saturated rings. The fraction of sp³-hybridized carbons (Fsp3) is 0.435.